The summed E-state index contributed by atoms with van der Waals surface area (Å²) in [6, 6.07) is 21.9. The highest BCUT2D eigenvalue weighted by molar-refractivity contribution is 5.91. The Balaban J connectivity index is 1.27. The molecule has 1 amide bonds. The van der Waals surface area contributed by atoms with Crippen LogP contribution in [0.5, 0.6) is 0 Å². The van der Waals surface area contributed by atoms with E-state index in [2.05, 4.69) is 45.5 Å². The first-order valence-electron chi connectivity index (χ1n) is 11.3. The molecule has 0 atom stereocenters. The number of fused-ring (bicyclic) bond motifs is 2. The zero-order chi connectivity index (χ0) is 22.8. The van der Waals surface area contributed by atoms with E-state index >= 15 is 0 Å². The van der Waals surface area contributed by atoms with Crippen molar-refractivity contribution in [2.75, 3.05) is 16.8 Å². The number of carbonyl (C=O) groups excluding carboxylic acids is 1. The number of carbonyl (C=O) groups is 1. The molecule has 6 nitrogen and oxygen atoms in total. The third-order valence-electron chi connectivity index (χ3n) is 6.27. The summed E-state index contributed by atoms with van der Waals surface area (Å²) in [5.41, 5.74) is 6.06. The van der Waals surface area contributed by atoms with Gasteiger partial charge in [0.1, 0.15) is 0 Å². The van der Waals surface area contributed by atoms with Crippen LogP contribution in [0.4, 0.5) is 11.4 Å². The van der Waals surface area contributed by atoms with Crippen molar-refractivity contribution in [1.29, 1.82) is 0 Å². The molecule has 166 valence electrons. The van der Waals surface area contributed by atoms with Crippen LogP contribution in [-0.4, -0.2) is 22.0 Å². The minimum atomic E-state index is -0.125. The van der Waals surface area contributed by atoms with E-state index in [-0.39, 0.29) is 24.4 Å². The fourth-order valence-electron chi connectivity index (χ4n) is 4.49. The van der Waals surface area contributed by atoms with Crippen molar-refractivity contribution in [3.63, 3.8) is 0 Å². The van der Waals surface area contributed by atoms with Gasteiger partial charge in [-0.25, -0.2) is 4.98 Å². The Labute approximate surface area is 192 Å². The fraction of sp³-hybridized carbons (Fsp3) is 0.222. The van der Waals surface area contributed by atoms with Gasteiger partial charge in [0.2, 0.25) is 5.91 Å². The molecule has 4 aromatic rings. The predicted octanol–water partition coefficient (Wildman–Crippen LogP) is 4.30. The summed E-state index contributed by atoms with van der Waals surface area (Å²) in [7, 11) is 0. The van der Waals surface area contributed by atoms with Crippen molar-refractivity contribution in [1.82, 2.24) is 9.55 Å². The number of hydrogen-bond acceptors (Lipinski definition) is 4. The fourth-order valence-corrected chi connectivity index (χ4v) is 4.49. The number of aryl methyl sites for hydroxylation is 2. The zero-order valence-electron chi connectivity index (χ0n) is 18.6. The monoisotopic (exact) mass is 438 g/mol. The number of para-hydroxylation sites is 3. The molecule has 1 N–H and O–H groups in total. The number of anilines is 2. The molecule has 0 aliphatic carbocycles. The third kappa shape index (κ3) is 4.24. The van der Waals surface area contributed by atoms with Crippen molar-refractivity contribution in [3.05, 3.63) is 100 Å². The molecular formula is C27H26N4O2. The van der Waals surface area contributed by atoms with Crippen LogP contribution >= 0.6 is 0 Å². The van der Waals surface area contributed by atoms with Crippen molar-refractivity contribution in [2.45, 2.75) is 32.9 Å². The van der Waals surface area contributed by atoms with E-state index in [1.165, 1.54) is 22.1 Å². The first kappa shape index (κ1) is 20.9. The molecule has 2 heterocycles. The van der Waals surface area contributed by atoms with Gasteiger partial charge in [-0.1, -0.05) is 48.5 Å². The number of nitrogens with zero attached hydrogens (tertiary/aromatic N) is 3. The molecule has 1 aliphatic heterocycles. The molecule has 0 radical (unpaired) electrons. The highest BCUT2D eigenvalue weighted by Crippen LogP contribution is 2.30. The summed E-state index contributed by atoms with van der Waals surface area (Å²) in [5, 5.41) is 3.62. The Morgan fingerprint density at radius 3 is 2.76 bits per heavy atom. The second-order valence-electron chi connectivity index (χ2n) is 8.47. The minimum absolute atomic E-state index is 0.121. The van der Waals surface area contributed by atoms with Crippen LogP contribution in [0.25, 0.3) is 10.9 Å². The largest absolute Gasteiger partial charge is 0.367 e. The van der Waals surface area contributed by atoms with Gasteiger partial charge < -0.3 is 10.2 Å². The van der Waals surface area contributed by atoms with E-state index in [1.54, 1.807) is 6.07 Å². The average Bonchev–Trinajstić information content (AvgIpc) is 3.23. The summed E-state index contributed by atoms with van der Waals surface area (Å²) in [6.07, 6.45) is 2.77. The highest BCUT2D eigenvalue weighted by atomic mass is 16.2. The van der Waals surface area contributed by atoms with Gasteiger partial charge in [0.15, 0.2) is 0 Å². The van der Waals surface area contributed by atoms with Crippen LogP contribution in [0.15, 0.2) is 77.9 Å². The molecule has 6 heteroatoms. The molecular weight excluding hydrogens is 412 g/mol. The summed E-state index contributed by atoms with van der Waals surface area (Å²) in [6.45, 7) is 3.92. The standard InChI is InChI=1S/C27H26N4O2/c1-19-7-6-10-22-26(19)28-18-31(27(22)33)16-14-25(32)29-23-11-4-2-9-21(23)17-30-15-13-20-8-3-5-12-24(20)30/h2-12,18H,13-17H2,1H3,(H,29,32). The van der Waals surface area contributed by atoms with E-state index in [9.17, 15) is 9.59 Å². The van der Waals surface area contributed by atoms with E-state index < -0.39 is 0 Å². The molecule has 0 unspecified atom stereocenters. The Morgan fingerprint density at radius 2 is 1.85 bits per heavy atom. The molecule has 1 aliphatic rings. The van der Waals surface area contributed by atoms with Crippen LogP contribution in [0.3, 0.4) is 0 Å². The molecule has 3 aromatic carbocycles. The lowest BCUT2D eigenvalue weighted by atomic mass is 10.1. The van der Waals surface area contributed by atoms with Gasteiger partial charge >= 0.3 is 0 Å². The lowest BCUT2D eigenvalue weighted by Crippen LogP contribution is -2.24. The van der Waals surface area contributed by atoms with Crippen LogP contribution in [0.1, 0.15) is 23.1 Å². The van der Waals surface area contributed by atoms with Crippen molar-refractivity contribution in [3.8, 4) is 0 Å². The topological polar surface area (TPSA) is 67.2 Å². The van der Waals surface area contributed by atoms with Crippen LogP contribution in [0.2, 0.25) is 0 Å². The Kier molecular flexibility index (Phi) is 5.65. The highest BCUT2D eigenvalue weighted by Gasteiger charge is 2.19. The molecule has 33 heavy (non-hydrogen) atoms. The first-order valence-corrected chi connectivity index (χ1v) is 11.3. The Morgan fingerprint density at radius 1 is 1.03 bits per heavy atom. The molecule has 1 aromatic heterocycles. The average molecular weight is 439 g/mol. The van der Waals surface area contributed by atoms with Gasteiger partial charge in [0, 0.05) is 37.4 Å². The van der Waals surface area contributed by atoms with Crippen LogP contribution < -0.4 is 15.8 Å². The Bertz CT molecular complexity index is 1390. The lowest BCUT2D eigenvalue weighted by molar-refractivity contribution is -0.116. The molecule has 0 saturated carbocycles. The number of benzene rings is 3. The van der Waals surface area contributed by atoms with Crippen molar-refractivity contribution >= 4 is 28.2 Å². The summed E-state index contributed by atoms with van der Waals surface area (Å²) in [4.78, 5) is 32.3. The van der Waals surface area contributed by atoms with E-state index in [1.807, 2.05) is 37.3 Å². The van der Waals surface area contributed by atoms with Crippen molar-refractivity contribution < 1.29 is 4.79 Å². The maximum Gasteiger partial charge on any atom is 0.261 e. The van der Waals surface area contributed by atoms with Gasteiger partial charge in [0.05, 0.1) is 17.2 Å². The SMILES string of the molecule is Cc1cccc2c(=O)n(CCC(=O)Nc3ccccc3CN3CCc4ccccc43)cnc12. The Hall–Kier alpha value is -3.93. The molecule has 0 spiro atoms. The normalized spacial score (nSPS) is 12.7. The van der Waals surface area contributed by atoms with Gasteiger partial charge in [0.25, 0.3) is 5.56 Å². The summed E-state index contributed by atoms with van der Waals surface area (Å²) >= 11 is 0. The second-order valence-corrected chi connectivity index (χ2v) is 8.47. The third-order valence-corrected chi connectivity index (χ3v) is 6.27. The van der Waals surface area contributed by atoms with E-state index in [4.69, 9.17) is 0 Å². The molecule has 0 bridgehead atoms. The maximum absolute atomic E-state index is 12.8. The van der Waals surface area contributed by atoms with Crippen molar-refractivity contribution in [2.24, 2.45) is 0 Å². The maximum atomic E-state index is 12.8. The smallest absolute Gasteiger partial charge is 0.261 e. The number of aromatic nitrogens is 2. The molecule has 5 rings (SSSR count). The predicted molar refractivity (Wildman–Crippen MR) is 132 cm³/mol. The van der Waals surface area contributed by atoms with Gasteiger partial charge in [-0.3, -0.25) is 14.2 Å². The minimum Gasteiger partial charge on any atom is -0.367 e. The molecule has 0 saturated heterocycles. The zero-order valence-corrected chi connectivity index (χ0v) is 18.6. The van der Waals surface area contributed by atoms with Crippen LogP contribution in [-0.2, 0) is 24.3 Å². The number of nitrogens with one attached hydrogen (secondary N) is 1. The van der Waals surface area contributed by atoms with E-state index in [0.29, 0.717) is 10.9 Å². The number of rotatable bonds is 6. The first-order chi connectivity index (χ1) is 16.1. The van der Waals surface area contributed by atoms with Gasteiger partial charge in [-0.15, -0.1) is 0 Å². The number of hydrogen-bond donors (Lipinski definition) is 1. The second kappa shape index (κ2) is 8.90. The summed E-state index contributed by atoms with van der Waals surface area (Å²) < 4.78 is 1.51. The quantitative estimate of drug-likeness (QED) is 0.488. The lowest BCUT2D eigenvalue weighted by Gasteiger charge is -2.21. The number of amides is 1. The van der Waals surface area contributed by atoms with Gasteiger partial charge in [-0.2, -0.15) is 0 Å². The van der Waals surface area contributed by atoms with E-state index in [0.717, 1.165) is 36.3 Å². The van der Waals surface area contributed by atoms with Gasteiger partial charge in [-0.05, 0) is 48.2 Å². The van der Waals surface area contributed by atoms with Crippen LogP contribution in [0, 0.1) is 6.92 Å². The summed E-state index contributed by atoms with van der Waals surface area (Å²) in [5.74, 6) is -0.125. The molecule has 0 fully saturated rings.